The molecule has 1 unspecified atom stereocenters. The predicted octanol–water partition coefficient (Wildman–Crippen LogP) is 12.3. The van der Waals surface area contributed by atoms with Gasteiger partial charge in [0.05, 0.1) is 16.6 Å². The van der Waals surface area contributed by atoms with E-state index < -0.39 is 0 Å². The second-order valence-electron chi connectivity index (χ2n) is 13.0. The van der Waals surface area contributed by atoms with Gasteiger partial charge in [-0.15, -0.1) is 0 Å². The summed E-state index contributed by atoms with van der Waals surface area (Å²) >= 11 is 0. The molecule has 4 nitrogen and oxygen atoms in total. The Morgan fingerprint density at radius 2 is 1.43 bits per heavy atom. The third-order valence-corrected chi connectivity index (χ3v) is 10.1. The first-order chi connectivity index (χ1) is 24.1. The zero-order valence-corrected chi connectivity index (χ0v) is 27.2. The quantitative estimate of drug-likeness (QED) is 0.210. The molecule has 1 aliphatic heterocycles. The predicted molar refractivity (Wildman–Crippen MR) is 204 cm³/mol. The Bertz CT molecular complexity index is 2820. The first-order valence-corrected chi connectivity index (χ1v) is 16.8. The first-order valence-electron chi connectivity index (χ1n) is 16.8. The fourth-order valence-electron chi connectivity index (χ4n) is 7.71. The van der Waals surface area contributed by atoms with Gasteiger partial charge >= 0.3 is 0 Å². The summed E-state index contributed by atoms with van der Waals surface area (Å²) in [5.41, 5.74) is 10.6. The Morgan fingerprint density at radius 3 is 2.24 bits per heavy atom. The highest BCUT2D eigenvalue weighted by Gasteiger charge is 2.30. The van der Waals surface area contributed by atoms with E-state index in [0.29, 0.717) is 0 Å². The number of aryl methyl sites for hydroxylation is 1. The highest BCUT2D eigenvalue weighted by molar-refractivity contribution is 6.15. The summed E-state index contributed by atoms with van der Waals surface area (Å²) in [6, 6.07) is 47.5. The SMILES string of the molecule is C/C=C\c1c(C)c2ccc(C3Nc4cc(-c5ccc6ccccc6c5)c5oc6ccccc6c5c4O3)cc2n1-c1ccc2ccccc2c1. The molecule has 2 aromatic heterocycles. The molecule has 9 aromatic rings. The second kappa shape index (κ2) is 10.6. The van der Waals surface area contributed by atoms with Crippen molar-refractivity contribution < 1.29 is 9.15 Å². The van der Waals surface area contributed by atoms with Crippen LogP contribution in [0.4, 0.5) is 5.69 Å². The Kier molecular flexibility index (Phi) is 6.03. The molecule has 49 heavy (non-hydrogen) atoms. The lowest BCUT2D eigenvalue weighted by Gasteiger charge is -2.14. The maximum Gasteiger partial charge on any atom is 0.196 e. The first kappa shape index (κ1) is 27.8. The van der Waals surface area contributed by atoms with Crippen LogP contribution < -0.4 is 10.1 Å². The van der Waals surface area contributed by atoms with E-state index in [2.05, 4.69) is 157 Å². The molecule has 4 heteroatoms. The van der Waals surface area contributed by atoms with Gasteiger partial charge in [-0.2, -0.15) is 0 Å². The summed E-state index contributed by atoms with van der Waals surface area (Å²) in [6.07, 6.45) is 3.96. The minimum Gasteiger partial charge on any atom is -0.464 e. The van der Waals surface area contributed by atoms with Crippen molar-refractivity contribution in [3.63, 3.8) is 0 Å². The molecule has 0 bridgehead atoms. The van der Waals surface area contributed by atoms with Crippen molar-refractivity contribution in [3.8, 4) is 22.6 Å². The fraction of sp³-hybridized carbons (Fsp3) is 0.0667. The van der Waals surface area contributed by atoms with Crippen molar-refractivity contribution in [3.05, 3.63) is 156 Å². The van der Waals surface area contributed by atoms with Crippen LogP contribution in [0, 0.1) is 6.92 Å². The lowest BCUT2D eigenvalue weighted by Crippen LogP contribution is -2.10. The van der Waals surface area contributed by atoms with Crippen LogP contribution in [0.1, 0.15) is 30.0 Å². The van der Waals surface area contributed by atoms with Gasteiger partial charge in [-0.1, -0.05) is 103 Å². The average molecular weight is 633 g/mol. The van der Waals surface area contributed by atoms with Gasteiger partial charge in [-0.3, -0.25) is 0 Å². The molecule has 0 aliphatic carbocycles. The van der Waals surface area contributed by atoms with Crippen LogP contribution in [0.25, 0.3) is 77.3 Å². The van der Waals surface area contributed by atoms with Crippen molar-refractivity contribution in [1.29, 1.82) is 0 Å². The van der Waals surface area contributed by atoms with E-state index >= 15 is 0 Å². The Balaban J connectivity index is 1.13. The third-order valence-electron chi connectivity index (χ3n) is 10.1. The summed E-state index contributed by atoms with van der Waals surface area (Å²) in [5, 5.41) is 11.9. The number of furan rings is 1. The highest BCUT2D eigenvalue weighted by Crippen LogP contribution is 2.51. The fourth-order valence-corrected chi connectivity index (χ4v) is 7.71. The van der Waals surface area contributed by atoms with Gasteiger partial charge in [0, 0.05) is 33.3 Å². The Hall–Kier alpha value is -6.26. The average Bonchev–Trinajstić information content (AvgIpc) is 3.83. The van der Waals surface area contributed by atoms with E-state index in [9.17, 15) is 0 Å². The van der Waals surface area contributed by atoms with Gasteiger partial charge in [-0.05, 0) is 89.0 Å². The molecule has 0 radical (unpaired) electrons. The molecular weight excluding hydrogens is 601 g/mol. The Labute approximate surface area is 283 Å². The van der Waals surface area contributed by atoms with E-state index in [1.54, 1.807) is 0 Å². The van der Waals surface area contributed by atoms with Crippen molar-refractivity contribution in [1.82, 2.24) is 4.57 Å². The van der Waals surface area contributed by atoms with Crippen molar-refractivity contribution >= 4 is 66.1 Å². The number of nitrogens with one attached hydrogen (secondary N) is 1. The van der Waals surface area contributed by atoms with Crippen LogP contribution in [0.5, 0.6) is 5.75 Å². The van der Waals surface area contributed by atoms with E-state index in [1.807, 2.05) is 12.1 Å². The molecule has 0 saturated carbocycles. The van der Waals surface area contributed by atoms with Gasteiger partial charge in [0.2, 0.25) is 0 Å². The molecule has 3 heterocycles. The number of aromatic nitrogens is 1. The minimum atomic E-state index is -0.367. The molecule has 0 fully saturated rings. The molecule has 234 valence electrons. The van der Waals surface area contributed by atoms with Gasteiger partial charge in [-0.25, -0.2) is 0 Å². The lowest BCUT2D eigenvalue weighted by atomic mass is 9.98. The van der Waals surface area contributed by atoms with E-state index in [4.69, 9.17) is 9.15 Å². The zero-order valence-electron chi connectivity index (χ0n) is 27.2. The molecule has 10 rings (SSSR count). The van der Waals surface area contributed by atoms with Crippen LogP contribution in [0.3, 0.4) is 0 Å². The number of benzene rings is 7. The number of nitrogens with zero attached hydrogens (tertiary/aromatic N) is 1. The largest absolute Gasteiger partial charge is 0.464 e. The maximum atomic E-state index is 6.88. The molecule has 0 saturated heterocycles. The lowest BCUT2D eigenvalue weighted by molar-refractivity contribution is 0.263. The van der Waals surface area contributed by atoms with Gasteiger partial charge < -0.3 is 19.0 Å². The van der Waals surface area contributed by atoms with Gasteiger partial charge in [0.25, 0.3) is 0 Å². The number of allylic oxidation sites excluding steroid dienone is 1. The molecular formula is C45H32N2O2. The molecule has 0 spiro atoms. The van der Waals surface area contributed by atoms with Crippen LogP contribution in [0.2, 0.25) is 0 Å². The van der Waals surface area contributed by atoms with E-state index in [0.717, 1.165) is 61.3 Å². The smallest absolute Gasteiger partial charge is 0.196 e. The topological polar surface area (TPSA) is 39.3 Å². The zero-order chi connectivity index (χ0) is 32.6. The van der Waals surface area contributed by atoms with Crippen molar-refractivity contribution in [2.75, 3.05) is 5.32 Å². The Morgan fingerprint density at radius 1 is 0.694 bits per heavy atom. The van der Waals surface area contributed by atoms with E-state index in [1.165, 1.54) is 38.2 Å². The number of para-hydroxylation sites is 1. The standard InChI is InChI=1S/C45H32N2O2/c1-3-10-39-27(2)35-22-20-33(25-40(35)47(39)34-21-19-29-12-5-7-14-31(29)24-34)45-46-38-26-37(32-18-17-28-11-4-6-13-30(28)23-32)43-42(44(38)49-45)36-15-8-9-16-41(36)48-43/h3-26,45-46H,1-2H3/b10-3-. The molecule has 1 N–H and O–H groups in total. The van der Waals surface area contributed by atoms with Crippen molar-refractivity contribution in [2.45, 2.75) is 20.1 Å². The summed E-state index contributed by atoms with van der Waals surface area (Å²) in [5.74, 6) is 0.824. The normalized spacial score (nSPS) is 14.4. The monoisotopic (exact) mass is 632 g/mol. The summed E-state index contributed by atoms with van der Waals surface area (Å²) in [7, 11) is 0. The van der Waals surface area contributed by atoms with Crippen LogP contribution in [0.15, 0.2) is 144 Å². The number of hydrogen-bond donors (Lipinski definition) is 1. The van der Waals surface area contributed by atoms with Crippen LogP contribution in [-0.2, 0) is 0 Å². The molecule has 1 aliphatic rings. The maximum absolute atomic E-state index is 6.88. The van der Waals surface area contributed by atoms with Gasteiger partial charge in [0.15, 0.2) is 12.0 Å². The highest BCUT2D eigenvalue weighted by atomic mass is 16.5. The summed E-state index contributed by atoms with van der Waals surface area (Å²) in [4.78, 5) is 0. The number of ether oxygens (including phenoxy) is 1. The molecule has 0 amide bonds. The number of anilines is 1. The summed E-state index contributed by atoms with van der Waals surface area (Å²) < 4.78 is 15.8. The van der Waals surface area contributed by atoms with E-state index in [-0.39, 0.29) is 6.23 Å². The third kappa shape index (κ3) is 4.24. The minimum absolute atomic E-state index is 0.367. The number of rotatable bonds is 4. The number of fused-ring (bicyclic) bond motifs is 8. The summed E-state index contributed by atoms with van der Waals surface area (Å²) in [6.45, 7) is 4.29. The second-order valence-corrected chi connectivity index (χ2v) is 13.0. The van der Waals surface area contributed by atoms with Crippen molar-refractivity contribution in [2.24, 2.45) is 0 Å². The molecule has 1 atom stereocenters. The molecule has 7 aromatic carbocycles. The van der Waals surface area contributed by atoms with Crippen LogP contribution in [-0.4, -0.2) is 4.57 Å². The number of hydrogen-bond acceptors (Lipinski definition) is 3. The van der Waals surface area contributed by atoms with Crippen LogP contribution >= 0.6 is 0 Å². The van der Waals surface area contributed by atoms with Gasteiger partial charge in [0.1, 0.15) is 11.2 Å².